The molecule has 0 aliphatic heterocycles. The summed E-state index contributed by atoms with van der Waals surface area (Å²) >= 11 is 0. The maximum Gasteiger partial charge on any atom is 0.339 e. The molecule has 0 saturated carbocycles. The van der Waals surface area contributed by atoms with Crippen LogP contribution in [0.25, 0.3) is 5.52 Å². The van der Waals surface area contributed by atoms with Crippen LogP contribution >= 0.6 is 0 Å². The lowest BCUT2D eigenvalue weighted by Gasteiger charge is -2.09. The molecule has 30 heavy (non-hydrogen) atoms. The molecule has 0 bridgehead atoms. The van der Waals surface area contributed by atoms with Crippen molar-refractivity contribution in [2.24, 2.45) is 0 Å². The summed E-state index contributed by atoms with van der Waals surface area (Å²) in [5, 5.41) is 0. The Hall–Kier alpha value is -3.10. The molecule has 4 aromatic rings. The predicted octanol–water partition coefficient (Wildman–Crippen LogP) is 4.16. The molecular formula is C22H19NO5S2. The second kappa shape index (κ2) is 7.30. The minimum absolute atomic E-state index is 0.0284. The maximum atomic E-state index is 13.2. The fourth-order valence-corrected chi connectivity index (χ4v) is 5.84. The molecule has 6 nitrogen and oxygen atoms in total. The zero-order chi connectivity index (χ0) is 21.5. The van der Waals surface area contributed by atoms with E-state index in [-0.39, 0.29) is 20.4 Å². The van der Waals surface area contributed by atoms with Gasteiger partial charge in [0.1, 0.15) is 15.5 Å². The average Bonchev–Trinajstić information content (AvgIpc) is 3.05. The summed E-state index contributed by atoms with van der Waals surface area (Å²) in [5.41, 5.74) is 2.14. The Bertz CT molecular complexity index is 1430. The molecule has 0 saturated heterocycles. The third-order valence-electron chi connectivity index (χ3n) is 4.73. The van der Waals surface area contributed by atoms with Gasteiger partial charge in [0.05, 0.1) is 10.4 Å². The second-order valence-corrected chi connectivity index (χ2v) is 10.4. The van der Waals surface area contributed by atoms with Crippen LogP contribution in [0.15, 0.2) is 93.8 Å². The Morgan fingerprint density at radius 3 is 2.07 bits per heavy atom. The molecule has 0 aliphatic rings. The highest BCUT2D eigenvalue weighted by Crippen LogP contribution is 2.30. The highest BCUT2D eigenvalue weighted by molar-refractivity contribution is 7.91. The van der Waals surface area contributed by atoms with Gasteiger partial charge >= 0.3 is 10.1 Å². The lowest BCUT2D eigenvalue weighted by molar-refractivity contribution is 0.486. The number of aryl methyl sites for hydroxylation is 2. The van der Waals surface area contributed by atoms with Crippen LogP contribution in [-0.2, 0) is 20.0 Å². The van der Waals surface area contributed by atoms with E-state index in [0.717, 1.165) is 5.56 Å². The first kappa shape index (κ1) is 20.2. The third kappa shape index (κ3) is 3.59. The molecule has 0 unspecified atom stereocenters. The second-order valence-electron chi connectivity index (χ2n) is 6.96. The summed E-state index contributed by atoms with van der Waals surface area (Å²) in [6.07, 6.45) is 3.54. The van der Waals surface area contributed by atoms with Gasteiger partial charge in [0.25, 0.3) is 0 Å². The van der Waals surface area contributed by atoms with Crippen molar-refractivity contribution in [3.8, 4) is 5.75 Å². The molecule has 2 heterocycles. The molecule has 2 aromatic carbocycles. The zero-order valence-electron chi connectivity index (χ0n) is 16.3. The number of nitrogens with zero attached hydrogens (tertiary/aromatic N) is 1. The van der Waals surface area contributed by atoms with Gasteiger partial charge in [0.2, 0.25) is 9.84 Å². The molecule has 0 atom stereocenters. The highest BCUT2D eigenvalue weighted by Gasteiger charge is 2.25. The number of aromatic nitrogens is 1. The van der Waals surface area contributed by atoms with Crippen LogP contribution in [0.5, 0.6) is 5.75 Å². The van der Waals surface area contributed by atoms with E-state index in [1.165, 1.54) is 36.4 Å². The lowest BCUT2D eigenvalue weighted by atomic mass is 10.2. The van der Waals surface area contributed by atoms with Gasteiger partial charge < -0.3 is 8.58 Å². The first-order valence-corrected chi connectivity index (χ1v) is 12.0. The topological polar surface area (TPSA) is 81.9 Å². The minimum Gasteiger partial charge on any atom is -0.379 e. The van der Waals surface area contributed by atoms with Gasteiger partial charge in [-0.15, -0.1) is 0 Å². The van der Waals surface area contributed by atoms with Gasteiger partial charge in [-0.25, -0.2) is 8.42 Å². The quantitative estimate of drug-likeness (QED) is 0.435. The van der Waals surface area contributed by atoms with Gasteiger partial charge in [-0.2, -0.15) is 8.42 Å². The Kier molecular flexibility index (Phi) is 4.91. The number of sulfone groups is 1. The summed E-state index contributed by atoms with van der Waals surface area (Å²) in [7, 11) is -7.81. The van der Waals surface area contributed by atoms with E-state index in [1.807, 2.05) is 13.0 Å². The van der Waals surface area contributed by atoms with E-state index in [4.69, 9.17) is 4.18 Å². The first-order chi connectivity index (χ1) is 14.2. The molecule has 8 heteroatoms. The van der Waals surface area contributed by atoms with Crippen LogP contribution in [0.2, 0.25) is 0 Å². The van der Waals surface area contributed by atoms with Crippen LogP contribution in [0.1, 0.15) is 11.1 Å². The molecule has 0 spiro atoms. The van der Waals surface area contributed by atoms with Crippen LogP contribution in [-0.4, -0.2) is 21.2 Å². The normalized spacial score (nSPS) is 12.2. The van der Waals surface area contributed by atoms with Crippen molar-refractivity contribution in [1.82, 2.24) is 4.40 Å². The van der Waals surface area contributed by atoms with Crippen molar-refractivity contribution < 1.29 is 21.0 Å². The summed E-state index contributed by atoms with van der Waals surface area (Å²) in [5.74, 6) is 0.0352. The van der Waals surface area contributed by atoms with E-state index in [9.17, 15) is 16.8 Å². The molecule has 0 fully saturated rings. The highest BCUT2D eigenvalue weighted by atomic mass is 32.2. The monoisotopic (exact) mass is 441 g/mol. The zero-order valence-corrected chi connectivity index (χ0v) is 17.9. The fraction of sp³-hybridized carbons (Fsp3) is 0.0909. The van der Waals surface area contributed by atoms with E-state index >= 15 is 0 Å². The van der Waals surface area contributed by atoms with Crippen molar-refractivity contribution in [2.75, 3.05) is 0 Å². The smallest absolute Gasteiger partial charge is 0.339 e. The Morgan fingerprint density at radius 1 is 0.767 bits per heavy atom. The SMILES string of the molecule is Cc1ccc(S(=O)(=O)Oc2ccc(S(=O)(=O)c3c(C)cn4ccccc34)cc2)cc1. The van der Waals surface area contributed by atoms with E-state index in [1.54, 1.807) is 48.0 Å². The van der Waals surface area contributed by atoms with Gasteiger partial charge in [0.15, 0.2) is 0 Å². The molecule has 0 N–H and O–H groups in total. The van der Waals surface area contributed by atoms with Crippen molar-refractivity contribution in [2.45, 2.75) is 28.5 Å². The maximum absolute atomic E-state index is 13.2. The molecule has 0 aliphatic carbocycles. The number of pyridine rings is 1. The first-order valence-electron chi connectivity index (χ1n) is 9.11. The summed E-state index contributed by atoms with van der Waals surface area (Å²) in [6, 6.07) is 17.0. The third-order valence-corrected chi connectivity index (χ3v) is 7.95. The minimum atomic E-state index is -4.01. The standard InChI is InChI=1S/C22H19NO5S2/c1-16-6-10-20(11-7-16)30(26,27)28-18-8-12-19(13-9-18)29(24,25)22-17(2)15-23-14-4-3-5-21(22)23/h3-15H,1-2H3. The van der Waals surface area contributed by atoms with Gasteiger partial charge in [-0.3, -0.25) is 0 Å². The van der Waals surface area contributed by atoms with Crippen molar-refractivity contribution in [3.05, 3.63) is 90.3 Å². The fourth-order valence-electron chi connectivity index (χ4n) is 3.25. The average molecular weight is 442 g/mol. The van der Waals surface area contributed by atoms with Gasteiger partial charge in [-0.05, 0) is 67.9 Å². The Balaban J connectivity index is 1.66. The molecule has 0 radical (unpaired) electrons. The number of benzene rings is 2. The molecule has 4 rings (SSSR count). The lowest BCUT2D eigenvalue weighted by Crippen LogP contribution is -2.10. The number of hydrogen-bond acceptors (Lipinski definition) is 5. The van der Waals surface area contributed by atoms with Crippen LogP contribution in [0, 0.1) is 13.8 Å². The van der Waals surface area contributed by atoms with Crippen LogP contribution in [0.3, 0.4) is 0 Å². The van der Waals surface area contributed by atoms with Crippen molar-refractivity contribution in [1.29, 1.82) is 0 Å². The molecule has 154 valence electrons. The largest absolute Gasteiger partial charge is 0.379 e. The number of fused-ring (bicyclic) bond motifs is 1. The predicted molar refractivity (Wildman–Crippen MR) is 113 cm³/mol. The Labute approximate surface area is 175 Å². The summed E-state index contributed by atoms with van der Waals surface area (Å²) in [6.45, 7) is 3.60. The van der Waals surface area contributed by atoms with Crippen molar-refractivity contribution >= 4 is 25.5 Å². The molecule has 0 amide bonds. The number of rotatable bonds is 5. The van der Waals surface area contributed by atoms with Gasteiger partial charge in [0, 0.05) is 12.4 Å². The number of hydrogen-bond donors (Lipinski definition) is 0. The van der Waals surface area contributed by atoms with E-state index < -0.39 is 20.0 Å². The summed E-state index contributed by atoms with van der Waals surface area (Å²) < 4.78 is 58.2. The van der Waals surface area contributed by atoms with Crippen LogP contribution < -0.4 is 4.18 Å². The van der Waals surface area contributed by atoms with Crippen molar-refractivity contribution in [3.63, 3.8) is 0 Å². The Morgan fingerprint density at radius 2 is 1.40 bits per heavy atom. The summed E-state index contributed by atoms with van der Waals surface area (Å²) in [4.78, 5) is 0.312. The van der Waals surface area contributed by atoms with Crippen LogP contribution in [0.4, 0.5) is 0 Å². The van der Waals surface area contributed by atoms with Gasteiger partial charge in [-0.1, -0.05) is 23.8 Å². The van der Waals surface area contributed by atoms with E-state index in [2.05, 4.69) is 0 Å². The molecular weight excluding hydrogens is 422 g/mol. The molecule has 2 aromatic heterocycles. The van der Waals surface area contributed by atoms with E-state index in [0.29, 0.717) is 11.1 Å².